The van der Waals surface area contributed by atoms with Gasteiger partial charge in [-0.15, -0.1) is 0 Å². The summed E-state index contributed by atoms with van der Waals surface area (Å²) < 4.78 is 10.8. The molecule has 2 fully saturated rings. The first kappa shape index (κ1) is 10.3. The highest BCUT2D eigenvalue weighted by Gasteiger charge is 2.40. The van der Waals surface area contributed by atoms with Gasteiger partial charge in [-0.2, -0.15) is 0 Å². The number of aliphatic hydroxyl groups is 3. The van der Waals surface area contributed by atoms with Gasteiger partial charge >= 0.3 is 0 Å². The molecule has 0 aromatic rings. The van der Waals surface area contributed by atoms with Crippen molar-refractivity contribution in [2.24, 2.45) is 0 Å². The Morgan fingerprint density at radius 1 is 1.14 bits per heavy atom. The Morgan fingerprint density at radius 2 is 1.93 bits per heavy atom. The van der Waals surface area contributed by atoms with Gasteiger partial charge in [0.15, 0.2) is 0 Å². The van der Waals surface area contributed by atoms with E-state index in [0.29, 0.717) is 19.4 Å². The molecule has 0 amide bonds. The van der Waals surface area contributed by atoms with Crippen molar-refractivity contribution >= 4 is 0 Å². The predicted molar refractivity (Wildman–Crippen MR) is 46.7 cm³/mol. The molecule has 0 bridgehead atoms. The van der Waals surface area contributed by atoms with E-state index >= 15 is 0 Å². The van der Waals surface area contributed by atoms with Gasteiger partial charge < -0.3 is 24.8 Å². The number of hydrogen-bond donors (Lipinski definition) is 3. The number of ether oxygens (including phenoxy) is 2. The van der Waals surface area contributed by atoms with Gasteiger partial charge in [0.1, 0.15) is 6.10 Å². The van der Waals surface area contributed by atoms with Gasteiger partial charge in [-0.05, 0) is 0 Å². The molecule has 0 aliphatic carbocycles. The SMILES string of the molecule is OCC1O[C@H]2CC(O)COC2C[C@H]1O. The molecule has 82 valence electrons. The molecule has 5 atom stereocenters. The molecular weight excluding hydrogens is 188 g/mol. The maximum atomic E-state index is 9.55. The van der Waals surface area contributed by atoms with Crippen LogP contribution in [0.1, 0.15) is 12.8 Å². The second-order valence-electron chi connectivity index (χ2n) is 3.96. The standard InChI is InChI=1S/C9H16O5/c10-3-9-6(12)2-7-8(14-9)1-5(11)4-13-7/h5-12H,1-4H2/t5?,6-,7?,8+,9?/m1/s1. The van der Waals surface area contributed by atoms with Crippen molar-refractivity contribution in [2.45, 2.75) is 43.4 Å². The van der Waals surface area contributed by atoms with Crippen molar-refractivity contribution in [1.82, 2.24) is 0 Å². The van der Waals surface area contributed by atoms with E-state index in [1.54, 1.807) is 0 Å². The fourth-order valence-corrected chi connectivity index (χ4v) is 2.06. The highest BCUT2D eigenvalue weighted by molar-refractivity contribution is 4.89. The summed E-state index contributed by atoms with van der Waals surface area (Å²) >= 11 is 0. The third kappa shape index (κ3) is 1.92. The minimum atomic E-state index is -0.670. The van der Waals surface area contributed by atoms with Crippen LogP contribution in [0.4, 0.5) is 0 Å². The molecular formula is C9H16O5. The van der Waals surface area contributed by atoms with Crippen molar-refractivity contribution in [3.63, 3.8) is 0 Å². The Morgan fingerprint density at radius 3 is 2.64 bits per heavy atom. The molecule has 0 aromatic heterocycles. The molecule has 14 heavy (non-hydrogen) atoms. The van der Waals surface area contributed by atoms with Gasteiger partial charge in [0, 0.05) is 12.8 Å². The minimum absolute atomic E-state index is 0.142. The van der Waals surface area contributed by atoms with Crippen LogP contribution in [0, 0.1) is 0 Å². The summed E-state index contributed by atoms with van der Waals surface area (Å²) in [7, 11) is 0. The fraction of sp³-hybridized carbons (Fsp3) is 1.00. The molecule has 0 aromatic carbocycles. The third-order valence-corrected chi connectivity index (χ3v) is 2.85. The zero-order valence-electron chi connectivity index (χ0n) is 7.87. The molecule has 0 spiro atoms. The summed E-state index contributed by atoms with van der Waals surface area (Å²) in [4.78, 5) is 0. The third-order valence-electron chi connectivity index (χ3n) is 2.85. The summed E-state index contributed by atoms with van der Waals surface area (Å²) in [6, 6.07) is 0. The Bertz CT molecular complexity index is 198. The molecule has 5 heteroatoms. The van der Waals surface area contributed by atoms with Gasteiger partial charge in [-0.1, -0.05) is 0 Å². The van der Waals surface area contributed by atoms with Crippen LogP contribution in [0.3, 0.4) is 0 Å². The molecule has 5 nitrogen and oxygen atoms in total. The highest BCUT2D eigenvalue weighted by atomic mass is 16.6. The van der Waals surface area contributed by atoms with Crippen LogP contribution in [0.25, 0.3) is 0 Å². The Kier molecular flexibility index (Phi) is 3.04. The van der Waals surface area contributed by atoms with Crippen molar-refractivity contribution in [3.8, 4) is 0 Å². The van der Waals surface area contributed by atoms with E-state index in [2.05, 4.69) is 0 Å². The van der Waals surface area contributed by atoms with E-state index in [1.807, 2.05) is 0 Å². The van der Waals surface area contributed by atoms with Crippen molar-refractivity contribution < 1.29 is 24.8 Å². The number of rotatable bonds is 1. The van der Waals surface area contributed by atoms with Gasteiger partial charge in [-0.25, -0.2) is 0 Å². The normalized spacial score (nSPS) is 48.6. The summed E-state index contributed by atoms with van der Waals surface area (Å²) in [5.74, 6) is 0. The van der Waals surface area contributed by atoms with Crippen LogP contribution in [-0.2, 0) is 9.47 Å². The summed E-state index contributed by atoms with van der Waals surface area (Å²) in [6.07, 6.45) is -1.04. The van der Waals surface area contributed by atoms with Crippen molar-refractivity contribution in [2.75, 3.05) is 13.2 Å². The number of aliphatic hydroxyl groups excluding tert-OH is 3. The molecule has 0 saturated carbocycles. The largest absolute Gasteiger partial charge is 0.394 e. The summed E-state index contributed by atoms with van der Waals surface area (Å²) in [5.41, 5.74) is 0. The first-order valence-corrected chi connectivity index (χ1v) is 4.94. The van der Waals surface area contributed by atoms with Crippen LogP contribution >= 0.6 is 0 Å². The zero-order chi connectivity index (χ0) is 10.1. The lowest BCUT2D eigenvalue weighted by atomic mass is 9.93. The Hall–Kier alpha value is -0.200. The van der Waals surface area contributed by atoms with E-state index < -0.39 is 18.3 Å². The van der Waals surface area contributed by atoms with E-state index in [9.17, 15) is 10.2 Å². The van der Waals surface area contributed by atoms with Gasteiger partial charge in [0.25, 0.3) is 0 Å². The molecule has 0 radical (unpaired) electrons. The first-order valence-electron chi connectivity index (χ1n) is 4.94. The lowest BCUT2D eigenvalue weighted by Gasteiger charge is -2.42. The fourth-order valence-electron chi connectivity index (χ4n) is 2.06. The maximum absolute atomic E-state index is 9.55. The van der Waals surface area contributed by atoms with Gasteiger partial charge in [-0.3, -0.25) is 0 Å². The molecule has 2 aliphatic heterocycles. The molecule has 3 unspecified atom stereocenters. The van der Waals surface area contributed by atoms with Crippen LogP contribution in [0.2, 0.25) is 0 Å². The van der Waals surface area contributed by atoms with Crippen molar-refractivity contribution in [1.29, 1.82) is 0 Å². The second kappa shape index (κ2) is 4.12. The molecule has 2 rings (SSSR count). The zero-order valence-corrected chi connectivity index (χ0v) is 7.87. The van der Waals surface area contributed by atoms with Crippen LogP contribution in [0.5, 0.6) is 0 Å². The minimum Gasteiger partial charge on any atom is -0.394 e. The number of hydrogen-bond acceptors (Lipinski definition) is 5. The summed E-state index contributed by atoms with van der Waals surface area (Å²) in [5, 5.41) is 27.8. The summed E-state index contributed by atoms with van der Waals surface area (Å²) in [6.45, 7) is 0.113. The predicted octanol–water partition coefficient (Wildman–Crippen LogP) is -1.35. The molecule has 2 saturated heterocycles. The lowest BCUT2D eigenvalue weighted by molar-refractivity contribution is -0.226. The molecule has 2 heterocycles. The quantitative estimate of drug-likeness (QED) is 0.492. The van der Waals surface area contributed by atoms with E-state index in [4.69, 9.17) is 14.6 Å². The first-order chi connectivity index (χ1) is 6.70. The average Bonchev–Trinajstić information content (AvgIpc) is 2.17. The molecule has 3 N–H and O–H groups in total. The highest BCUT2D eigenvalue weighted by Crippen LogP contribution is 2.28. The van der Waals surface area contributed by atoms with Crippen LogP contribution in [0.15, 0.2) is 0 Å². The van der Waals surface area contributed by atoms with E-state index in [-0.39, 0.29) is 18.8 Å². The van der Waals surface area contributed by atoms with E-state index in [0.717, 1.165) is 0 Å². The second-order valence-corrected chi connectivity index (χ2v) is 3.96. The van der Waals surface area contributed by atoms with Crippen LogP contribution in [-0.4, -0.2) is 59.1 Å². The van der Waals surface area contributed by atoms with Crippen LogP contribution < -0.4 is 0 Å². The maximum Gasteiger partial charge on any atom is 0.107 e. The lowest BCUT2D eigenvalue weighted by Crippen LogP contribution is -2.53. The molecule has 2 aliphatic rings. The monoisotopic (exact) mass is 204 g/mol. The van der Waals surface area contributed by atoms with Gasteiger partial charge in [0.05, 0.1) is 37.6 Å². The van der Waals surface area contributed by atoms with Gasteiger partial charge in [0.2, 0.25) is 0 Å². The Labute approximate surface area is 82.3 Å². The topological polar surface area (TPSA) is 79.2 Å². The number of fused-ring (bicyclic) bond motifs is 1. The average molecular weight is 204 g/mol. The Balaban J connectivity index is 1.98. The van der Waals surface area contributed by atoms with E-state index in [1.165, 1.54) is 0 Å². The van der Waals surface area contributed by atoms with Crippen molar-refractivity contribution in [3.05, 3.63) is 0 Å². The smallest absolute Gasteiger partial charge is 0.107 e.